The predicted octanol–water partition coefficient (Wildman–Crippen LogP) is 2.57. The summed E-state index contributed by atoms with van der Waals surface area (Å²) in [4.78, 5) is 25.2. The number of fused-ring (bicyclic) bond motifs is 1. The van der Waals surface area contributed by atoms with E-state index in [2.05, 4.69) is 5.32 Å². The number of hydrogen-bond donors (Lipinski definition) is 2. The molecule has 5 heteroatoms. The Labute approximate surface area is 134 Å². The van der Waals surface area contributed by atoms with E-state index in [-0.39, 0.29) is 11.8 Å². The van der Waals surface area contributed by atoms with Crippen molar-refractivity contribution in [3.05, 3.63) is 42.5 Å². The number of carbonyl (C=O) groups excluding carboxylic acids is 1. The van der Waals surface area contributed by atoms with Crippen LogP contribution >= 0.6 is 0 Å². The molecule has 0 aromatic heterocycles. The fourth-order valence-electron chi connectivity index (χ4n) is 3.04. The average molecular weight is 312 g/mol. The molecule has 1 atom stereocenters. The summed E-state index contributed by atoms with van der Waals surface area (Å²) in [5, 5.41) is 14.1. The summed E-state index contributed by atoms with van der Waals surface area (Å²) in [5.74, 6) is -1.08. The number of nitrogens with one attached hydrogen (secondary N) is 1. The van der Waals surface area contributed by atoms with Crippen LogP contribution in [0, 0.1) is 5.92 Å². The molecule has 2 N–H and O–H groups in total. The van der Waals surface area contributed by atoms with Gasteiger partial charge in [0.15, 0.2) is 0 Å². The number of hydrogen-bond acceptors (Lipinski definition) is 3. The normalized spacial score (nSPS) is 18.2. The van der Waals surface area contributed by atoms with Gasteiger partial charge in [-0.15, -0.1) is 0 Å². The van der Waals surface area contributed by atoms with Crippen molar-refractivity contribution in [3.63, 3.8) is 0 Å². The minimum absolute atomic E-state index is 0.0415. The minimum Gasteiger partial charge on any atom is -0.481 e. The molecule has 120 valence electrons. The van der Waals surface area contributed by atoms with Crippen LogP contribution in [0.25, 0.3) is 10.8 Å². The van der Waals surface area contributed by atoms with Crippen molar-refractivity contribution in [1.82, 2.24) is 4.90 Å². The largest absolute Gasteiger partial charge is 0.481 e. The van der Waals surface area contributed by atoms with Crippen LogP contribution in [0.3, 0.4) is 0 Å². The molecule has 0 spiro atoms. The minimum atomic E-state index is -0.743. The Hall–Kier alpha value is -2.40. The van der Waals surface area contributed by atoms with E-state index in [0.29, 0.717) is 25.9 Å². The van der Waals surface area contributed by atoms with Gasteiger partial charge >= 0.3 is 5.97 Å². The SMILES string of the molecule is O=C(CCN1CCC(C(=O)O)C1)Nc1cccc2ccccc12. The lowest BCUT2D eigenvalue weighted by Gasteiger charge is -2.15. The maximum absolute atomic E-state index is 12.2. The summed E-state index contributed by atoms with van der Waals surface area (Å²) in [7, 11) is 0. The first kappa shape index (κ1) is 15.5. The maximum atomic E-state index is 12.2. The quantitative estimate of drug-likeness (QED) is 0.890. The van der Waals surface area contributed by atoms with E-state index in [1.165, 1.54) is 0 Å². The number of likely N-dealkylation sites (tertiary alicyclic amines) is 1. The first-order chi connectivity index (χ1) is 11.1. The molecule has 2 aromatic rings. The van der Waals surface area contributed by atoms with E-state index in [1.807, 2.05) is 47.4 Å². The molecule has 1 unspecified atom stereocenters. The van der Waals surface area contributed by atoms with E-state index < -0.39 is 5.97 Å². The fraction of sp³-hybridized carbons (Fsp3) is 0.333. The highest BCUT2D eigenvalue weighted by atomic mass is 16.4. The standard InChI is InChI=1S/C18H20N2O3/c21-17(9-11-20-10-8-14(12-20)18(22)23)19-16-7-3-5-13-4-1-2-6-15(13)16/h1-7,14H,8-12H2,(H,19,21)(H,22,23). The molecule has 1 aliphatic rings. The van der Waals surface area contributed by atoms with Gasteiger partial charge in [0.25, 0.3) is 0 Å². The monoisotopic (exact) mass is 312 g/mol. The van der Waals surface area contributed by atoms with Gasteiger partial charge in [0.2, 0.25) is 5.91 Å². The molecule has 3 rings (SSSR count). The van der Waals surface area contributed by atoms with Crippen LogP contribution in [0.5, 0.6) is 0 Å². The van der Waals surface area contributed by atoms with Crippen LogP contribution in [0.4, 0.5) is 5.69 Å². The van der Waals surface area contributed by atoms with Crippen molar-refractivity contribution >= 4 is 28.3 Å². The number of carboxylic acids is 1. The van der Waals surface area contributed by atoms with Gasteiger partial charge in [-0.05, 0) is 24.4 Å². The summed E-state index contributed by atoms with van der Waals surface area (Å²) in [6, 6.07) is 13.8. The third-order valence-electron chi connectivity index (χ3n) is 4.34. The summed E-state index contributed by atoms with van der Waals surface area (Å²) >= 11 is 0. The molecular formula is C18H20N2O3. The van der Waals surface area contributed by atoms with E-state index >= 15 is 0 Å². The fourth-order valence-corrected chi connectivity index (χ4v) is 3.04. The van der Waals surface area contributed by atoms with Crippen molar-refractivity contribution in [2.75, 3.05) is 25.0 Å². The zero-order valence-electron chi connectivity index (χ0n) is 12.9. The second kappa shape index (κ2) is 6.79. The number of amides is 1. The molecule has 1 fully saturated rings. The summed E-state index contributed by atoms with van der Waals surface area (Å²) < 4.78 is 0. The van der Waals surface area contributed by atoms with Crippen LogP contribution in [-0.2, 0) is 9.59 Å². The molecule has 2 aromatic carbocycles. The molecule has 1 saturated heterocycles. The van der Waals surface area contributed by atoms with Crippen molar-refractivity contribution in [3.8, 4) is 0 Å². The van der Waals surface area contributed by atoms with E-state index in [4.69, 9.17) is 5.11 Å². The lowest BCUT2D eigenvalue weighted by atomic mass is 10.1. The van der Waals surface area contributed by atoms with Crippen LogP contribution in [0.1, 0.15) is 12.8 Å². The Morgan fingerprint density at radius 1 is 1.17 bits per heavy atom. The van der Waals surface area contributed by atoms with Gasteiger partial charge in [0, 0.05) is 30.6 Å². The Kier molecular flexibility index (Phi) is 4.57. The van der Waals surface area contributed by atoms with Crippen molar-refractivity contribution < 1.29 is 14.7 Å². The smallest absolute Gasteiger partial charge is 0.307 e. The number of anilines is 1. The van der Waals surface area contributed by atoms with Gasteiger partial charge in [-0.2, -0.15) is 0 Å². The van der Waals surface area contributed by atoms with Gasteiger partial charge in [-0.25, -0.2) is 0 Å². The number of rotatable bonds is 5. The van der Waals surface area contributed by atoms with Crippen molar-refractivity contribution in [2.45, 2.75) is 12.8 Å². The molecular weight excluding hydrogens is 292 g/mol. The lowest BCUT2D eigenvalue weighted by Crippen LogP contribution is -2.27. The molecule has 0 radical (unpaired) electrons. The van der Waals surface area contributed by atoms with Crippen molar-refractivity contribution in [2.24, 2.45) is 5.92 Å². The molecule has 5 nitrogen and oxygen atoms in total. The highest BCUT2D eigenvalue weighted by Crippen LogP contribution is 2.23. The third-order valence-corrected chi connectivity index (χ3v) is 4.34. The molecule has 1 amide bonds. The van der Waals surface area contributed by atoms with Crippen molar-refractivity contribution in [1.29, 1.82) is 0 Å². The number of carboxylic acid groups (broad SMARTS) is 1. The van der Waals surface area contributed by atoms with Crippen LogP contribution < -0.4 is 5.32 Å². The molecule has 1 heterocycles. The maximum Gasteiger partial charge on any atom is 0.307 e. The van der Waals surface area contributed by atoms with Gasteiger partial charge in [0.1, 0.15) is 0 Å². The third kappa shape index (κ3) is 3.68. The highest BCUT2D eigenvalue weighted by molar-refractivity contribution is 6.02. The van der Waals surface area contributed by atoms with Gasteiger partial charge < -0.3 is 15.3 Å². The van der Waals surface area contributed by atoms with Crippen LogP contribution in [-0.4, -0.2) is 41.5 Å². The van der Waals surface area contributed by atoms with E-state index in [0.717, 1.165) is 23.0 Å². The zero-order chi connectivity index (χ0) is 16.2. The number of aliphatic carboxylic acids is 1. The first-order valence-corrected chi connectivity index (χ1v) is 7.86. The molecule has 0 bridgehead atoms. The Bertz CT molecular complexity index is 724. The molecule has 0 aliphatic carbocycles. The van der Waals surface area contributed by atoms with E-state index in [1.54, 1.807) is 0 Å². The number of nitrogens with zero attached hydrogens (tertiary/aromatic N) is 1. The van der Waals surface area contributed by atoms with Gasteiger partial charge in [0.05, 0.1) is 5.92 Å². The van der Waals surface area contributed by atoms with Crippen LogP contribution in [0.15, 0.2) is 42.5 Å². The average Bonchev–Trinajstić information content (AvgIpc) is 3.03. The Balaban J connectivity index is 1.56. The van der Waals surface area contributed by atoms with E-state index in [9.17, 15) is 9.59 Å². The van der Waals surface area contributed by atoms with Gasteiger partial charge in [-0.3, -0.25) is 9.59 Å². The summed E-state index contributed by atoms with van der Waals surface area (Å²) in [5.41, 5.74) is 0.818. The molecule has 23 heavy (non-hydrogen) atoms. The summed E-state index contributed by atoms with van der Waals surface area (Å²) in [6.07, 6.45) is 1.04. The highest BCUT2D eigenvalue weighted by Gasteiger charge is 2.27. The Morgan fingerprint density at radius 2 is 1.96 bits per heavy atom. The predicted molar refractivity (Wildman–Crippen MR) is 89.4 cm³/mol. The topological polar surface area (TPSA) is 69.6 Å². The second-order valence-electron chi connectivity index (χ2n) is 5.95. The number of carbonyl (C=O) groups is 2. The molecule has 1 aliphatic heterocycles. The Morgan fingerprint density at radius 3 is 2.74 bits per heavy atom. The molecule has 0 saturated carbocycles. The lowest BCUT2D eigenvalue weighted by molar-refractivity contribution is -0.141. The second-order valence-corrected chi connectivity index (χ2v) is 5.95. The van der Waals surface area contributed by atoms with Crippen LogP contribution in [0.2, 0.25) is 0 Å². The summed E-state index contributed by atoms with van der Waals surface area (Å²) in [6.45, 7) is 1.88. The first-order valence-electron chi connectivity index (χ1n) is 7.86. The zero-order valence-corrected chi connectivity index (χ0v) is 12.9. The number of benzene rings is 2. The van der Waals surface area contributed by atoms with Gasteiger partial charge in [-0.1, -0.05) is 36.4 Å².